The van der Waals surface area contributed by atoms with Crippen molar-refractivity contribution in [3.63, 3.8) is 0 Å². The third-order valence-corrected chi connectivity index (χ3v) is 4.03. The fourth-order valence-electron chi connectivity index (χ4n) is 2.81. The minimum atomic E-state index is -4.14. The lowest BCUT2D eigenvalue weighted by Gasteiger charge is -2.19. The van der Waals surface area contributed by atoms with Crippen molar-refractivity contribution in [1.82, 2.24) is 15.5 Å². The molecule has 0 spiro atoms. The molecule has 1 aliphatic heterocycles. The fraction of sp³-hybridized carbons (Fsp3) is 0.588. The zero-order chi connectivity index (χ0) is 17.6. The van der Waals surface area contributed by atoms with Crippen LogP contribution in [0, 0.1) is 6.92 Å². The summed E-state index contributed by atoms with van der Waals surface area (Å²) in [7, 11) is 0. The first-order valence-corrected chi connectivity index (χ1v) is 8.26. The maximum absolute atomic E-state index is 12.5. The molecule has 1 aromatic rings. The second-order valence-corrected chi connectivity index (χ2v) is 6.10. The molecule has 0 saturated carbocycles. The van der Waals surface area contributed by atoms with Crippen LogP contribution < -0.4 is 10.6 Å². The lowest BCUT2D eigenvalue weighted by molar-refractivity contribution is -0.143. The standard InChI is InChI=1S/C17H25F3N4/c1-3-21-16(22-10-14-7-5-4-6-13(14)2)23-15-8-9-24(11-15)12-17(18,19)20/h4-7,15H,3,8-12H2,1-2H3,(H2,21,22,23). The summed E-state index contributed by atoms with van der Waals surface area (Å²) in [5.74, 6) is 0.652. The van der Waals surface area contributed by atoms with Crippen LogP contribution in [-0.2, 0) is 6.54 Å². The van der Waals surface area contributed by atoms with Crippen molar-refractivity contribution in [1.29, 1.82) is 0 Å². The van der Waals surface area contributed by atoms with Crippen LogP contribution in [0.4, 0.5) is 13.2 Å². The van der Waals surface area contributed by atoms with Crippen molar-refractivity contribution in [2.75, 3.05) is 26.2 Å². The number of hydrogen-bond donors (Lipinski definition) is 2. The molecule has 0 amide bonds. The molecular weight excluding hydrogens is 317 g/mol. The van der Waals surface area contributed by atoms with E-state index in [-0.39, 0.29) is 6.04 Å². The lowest BCUT2D eigenvalue weighted by Crippen LogP contribution is -2.45. The molecule has 1 saturated heterocycles. The van der Waals surface area contributed by atoms with E-state index in [9.17, 15) is 13.2 Å². The van der Waals surface area contributed by atoms with Gasteiger partial charge in [0.1, 0.15) is 0 Å². The second kappa shape index (κ2) is 8.37. The Bertz CT molecular complexity index is 557. The highest BCUT2D eigenvalue weighted by molar-refractivity contribution is 5.80. The summed E-state index contributed by atoms with van der Waals surface area (Å²) in [5, 5.41) is 6.41. The summed E-state index contributed by atoms with van der Waals surface area (Å²) in [6.07, 6.45) is -3.46. The normalized spacial score (nSPS) is 19.5. The van der Waals surface area contributed by atoms with Crippen LogP contribution in [0.25, 0.3) is 0 Å². The van der Waals surface area contributed by atoms with Crippen LogP contribution in [0.5, 0.6) is 0 Å². The van der Waals surface area contributed by atoms with Crippen LogP contribution in [0.2, 0.25) is 0 Å². The van der Waals surface area contributed by atoms with Crippen molar-refractivity contribution in [3.8, 4) is 0 Å². The van der Waals surface area contributed by atoms with Gasteiger partial charge in [-0.05, 0) is 31.4 Å². The molecule has 4 nitrogen and oxygen atoms in total. The van der Waals surface area contributed by atoms with Crippen LogP contribution in [0.15, 0.2) is 29.3 Å². The quantitative estimate of drug-likeness (QED) is 0.638. The van der Waals surface area contributed by atoms with Gasteiger partial charge in [0.05, 0.1) is 13.1 Å². The van der Waals surface area contributed by atoms with Gasteiger partial charge in [-0.25, -0.2) is 4.99 Å². The molecule has 1 fully saturated rings. The van der Waals surface area contributed by atoms with Crippen LogP contribution in [-0.4, -0.2) is 49.3 Å². The third kappa shape index (κ3) is 6.03. The Kier molecular flexibility index (Phi) is 6.48. The van der Waals surface area contributed by atoms with E-state index < -0.39 is 12.7 Å². The first-order valence-electron chi connectivity index (χ1n) is 8.26. The Balaban J connectivity index is 1.92. The van der Waals surface area contributed by atoms with Gasteiger partial charge in [-0.1, -0.05) is 24.3 Å². The number of alkyl halides is 3. The van der Waals surface area contributed by atoms with Gasteiger partial charge in [0.25, 0.3) is 0 Å². The van der Waals surface area contributed by atoms with E-state index in [1.165, 1.54) is 10.5 Å². The number of hydrogen-bond acceptors (Lipinski definition) is 2. The summed E-state index contributed by atoms with van der Waals surface area (Å²) < 4.78 is 37.4. The van der Waals surface area contributed by atoms with E-state index in [1.807, 2.05) is 38.1 Å². The molecule has 1 heterocycles. The second-order valence-electron chi connectivity index (χ2n) is 6.10. The van der Waals surface area contributed by atoms with Crippen molar-refractivity contribution in [3.05, 3.63) is 35.4 Å². The average Bonchev–Trinajstić information content (AvgIpc) is 2.91. The monoisotopic (exact) mass is 342 g/mol. The summed E-state index contributed by atoms with van der Waals surface area (Å²) in [5.41, 5.74) is 2.31. The molecule has 2 rings (SSSR count). The van der Waals surface area contributed by atoms with E-state index >= 15 is 0 Å². The van der Waals surface area contributed by atoms with Gasteiger partial charge in [-0.3, -0.25) is 4.90 Å². The molecule has 7 heteroatoms. The number of aryl methyl sites for hydroxylation is 1. The molecular formula is C17H25F3N4. The SMILES string of the molecule is CCNC(=NCc1ccccc1C)NC1CCN(CC(F)(F)F)C1. The Morgan fingerprint density at radius 2 is 2.08 bits per heavy atom. The van der Waals surface area contributed by atoms with Gasteiger partial charge < -0.3 is 10.6 Å². The minimum absolute atomic E-state index is 0.0120. The fourth-order valence-corrected chi connectivity index (χ4v) is 2.81. The molecule has 24 heavy (non-hydrogen) atoms. The Hall–Kier alpha value is -1.76. The Morgan fingerprint density at radius 3 is 2.75 bits per heavy atom. The molecule has 1 aromatic carbocycles. The first kappa shape index (κ1) is 18.6. The van der Waals surface area contributed by atoms with E-state index in [1.54, 1.807) is 0 Å². The molecule has 2 N–H and O–H groups in total. The van der Waals surface area contributed by atoms with Gasteiger partial charge in [-0.15, -0.1) is 0 Å². The predicted molar refractivity (Wildman–Crippen MR) is 90.0 cm³/mol. The Morgan fingerprint density at radius 1 is 1.33 bits per heavy atom. The number of benzene rings is 1. The molecule has 0 bridgehead atoms. The van der Waals surface area contributed by atoms with Crippen molar-refractivity contribution < 1.29 is 13.2 Å². The van der Waals surface area contributed by atoms with Gasteiger partial charge in [0, 0.05) is 25.7 Å². The van der Waals surface area contributed by atoms with E-state index in [2.05, 4.69) is 15.6 Å². The molecule has 1 aliphatic rings. The van der Waals surface area contributed by atoms with E-state index in [0.29, 0.717) is 38.6 Å². The topological polar surface area (TPSA) is 39.7 Å². The Labute approximate surface area is 141 Å². The van der Waals surface area contributed by atoms with Crippen molar-refractivity contribution in [2.45, 2.75) is 39.0 Å². The largest absolute Gasteiger partial charge is 0.401 e. The molecule has 0 aromatic heterocycles. The number of guanidine groups is 1. The van der Waals surface area contributed by atoms with Crippen LogP contribution in [0.1, 0.15) is 24.5 Å². The number of aliphatic imine (C=N–C) groups is 1. The number of nitrogens with zero attached hydrogens (tertiary/aromatic N) is 2. The van der Waals surface area contributed by atoms with E-state index in [0.717, 1.165) is 5.56 Å². The number of halogens is 3. The van der Waals surface area contributed by atoms with Crippen LogP contribution in [0.3, 0.4) is 0 Å². The smallest absolute Gasteiger partial charge is 0.357 e. The molecule has 134 valence electrons. The van der Waals surface area contributed by atoms with E-state index in [4.69, 9.17) is 0 Å². The highest BCUT2D eigenvalue weighted by Gasteiger charge is 2.34. The van der Waals surface area contributed by atoms with Gasteiger partial charge in [-0.2, -0.15) is 13.2 Å². The number of likely N-dealkylation sites (tertiary alicyclic amines) is 1. The van der Waals surface area contributed by atoms with Crippen molar-refractivity contribution in [2.24, 2.45) is 4.99 Å². The summed E-state index contributed by atoms with van der Waals surface area (Å²) in [4.78, 5) is 5.99. The highest BCUT2D eigenvalue weighted by Crippen LogP contribution is 2.20. The minimum Gasteiger partial charge on any atom is -0.357 e. The predicted octanol–water partition coefficient (Wildman–Crippen LogP) is 2.69. The van der Waals surface area contributed by atoms with Gasteiger partial charge in [0.2, 0.25) is 0 Å². The lowest BCUT2D eigenvalue weighted by atomic mass is 10.1. The zero-order valence-electron chi connectivity index (χ0n) is 14.2. The molecule has 0 aliphatic carbocycles. The number of nitrogens with one attached hydrogen (secondary N) is 2. The van der Waals surface area contributed by atoms with Gasteiger partial charge in [0.15, 0.2) is 5.96 Å². The highest BCUT2D eigenvalue weighted by atomic mass is 19.4. The first-order chi connectivity index (χ1) is 11.4. The maximum atomic E-state index is 12.5. The summed E-state index contributed by atoms with van der Waals surface area (Å²) in [6, 6.07) is 8.02. The summed E-state index contributed by atoms with van der Waals surface area (Å²) >= 11 is 0. The molecule has 1 atom stereocenters. The summed E-state index contributed by atoms with van der Waals surface area (Å²) in [6.45, 7) is 5.25. The van der Waals surface area contributed by atoms with Crippen LogP contribution >= 0.6 is 0 Å². The maximum Gasteiger partial charge on any atom is 0.401 e. The molecule has 0 radical (unpaired) electrons. The van der Waals surface area contributed by atoms with Crippen molar-refractivity contribution >= 4 is 5.96 Å². The third-order valence-electron chi connectivity index (χ3n) is 4.03. The van der Waals surface area contributed by atoms with Gasteiger partial charge >= 0.3 is 6.18 Å². The number of rotatable bonds is 5. The zero-order valence-corrected chi connectivity index (χ0v) is 14.2. The molecule has 1 unspecified atom stereocenters. The average molecular weight is 342 g/mol.